The van der Waals surface area contributed by atoms with Gasteiger partial charge in [-0.15, -0.1) is 0 Å². The van der Waals surface area contributed by atoms with E-state index in [0.29, 0.717) is 0 Å². The van der Waals surface area contributed by atoms with Crippen LogP contribution in [0.25, 0.3) is 10.9 Å². The van der Waals surface area contributed by atoms with E-state index in [1.165, 1.54) is 22.0 Å². The normalized spacial score (nSPS) is 10.9. The van der Waals surface area contributed by atoms with Crippen LogP contribution < -0.4 is 5.32 Å². The summed E-state index contributed by atoms with van der Waals surface area (Å²) in [4.78, 5) is 3.28. The molecule has 0 unspecified atom stereocenters. The SMILES string of the molecule is CCc1cc(NCc2ccc(Cl)cc2)cc2[nH]ccc12. The first-order valence-electron chi connectivity index (χ1n) is 6.84. The van der Waals surface area contributed by atoms with Crippen molar-refractivity contribution in [1.82, 2.24) is 4.98 Å². The van der Waals surface area contributed by atoms with Crippen molar-refractivity contribution in [1.29, 1.82) is 0 Å². The lowest BCUT2D eigenvalue weighted by atomic mass is 10.1. The second-order valence-corrected chi connectivity index (χ2v) is 5.34. The van der Waals surface area contributed by atoms with Crippen LogP contribution in [0, 0.1) is 0 Å². The summed E-state index contributed by atoms with van der Waals surface area (Å²) >= 11 is 5.90. The Bertz CT molecular complexity index is 713. The van der Waals surface area contributed by atoms with Crippen LogP contribution in [0.3, 0.4) is 0 Å². The number of rotatable bonds is 4. The Morgan fingerprint density at radius 2 is 1.90 bits per heavy atom. The monoisotopic (exact) mass is 284 g/mol. The molecule has 3 aromatic rings. The zero-order chi connectivity index (χ0) is 13.9. The lowest BCUT2D eigenvalue weighted by molar-refractivity contribution is 1.13. The van der Waals surface area contributed by atoms with Crippen LogP contribution in [0.1, 0.15) is 18.1 Å². The van der Waals surface area contributed by atoms with Gasteiger partial charge in [-0.1, -0.05) is 30.7 Å². The Morgan fingerprint density at radius 1 is 1.10 bits per heavy atom. The van der Waals surface area contributed by atoms with E-state index in [9.17, 15) is 0 Å². The molecule has 0 atom stereocenters. The van der Waals surface area contributed by atoms with Crippen LogP contribution >= 0.6 is 11.6 Å². The minimum absolute atomic E-state index is 0.773. The lowest BCUT2D eigenvalue weighted by Gasteiger charge is -2.09. The number of aryl methyl sites for hydroxylation is 1. The van der Waals surface area contributed by atoms with E-state index in [1.54, 1.807) is 0 Å². The molecule has 1 heterocycles. The van der Waals surface area contributed by atoms with Gasteiger partial charge in [-0.2, -0.15) is 0 Å². The molecular formula is C17H17ClN2. The number of hydrogen-bond acceptors (Lipinski definition) is 1. The molecule has 0 saturated carbocycles. The van der Waals surface area contributed by atoms with E-state index >= 15 is 0 Å². The topological polar surface area (TPSA) is 27.8 Å². The van der Waals surface area contributed by atoms with Crippen molar-refractivity contribution in [3.05, 3.63) is 64.8 Å². The summed E-state index contributed by atoms with van der Waals surface area (Å²) in [5, 5.41) is 5.56. The van der Waals surface area contributed by atoms with E-state index in [4.69, 9.17) is 11.6 Å². The van der Waals surface area contributed by atoms with Gasteiger partial charge in [-0.3, -0.25) is 0 Å². The molecular weight excluding hydrogens is 268 g/mol. The summed E-state index contributed by atoms with van der Waals surface area (Å²) in [5.41, 5.74) is 4.91. The maximum absolute atomic E-state index is 5.90. The third-order valence-corrected chi connectivity index (χ3v) is 3.80. The second kappa shape index (κ2) is 5.59. The number of nitrogens with one attached hydrogen (secondary N) is 2. The summed E-state index contributed by atoms with van der Waals surface area (Å²) in [5.74, 6) is 0. The Balaban J connectivity index is 1.81. The molecule has 102 valence electrons. The summed E-state index contributed by atoms with van der Waals surface area (Å²) in [7, 11) is 0. The number of aromatic nitrogens is 1. The largest absolute Gasteiger partial charge is 0.381 e. The van der Waals surface area contributed by atoms with Crippen LogP contribution in [-0.2, 0) is 13.0 Å². The molecule has 2 N–H and O–H groups in total. The number of hydrogen-bond donors (Lipinski definition) is 2. The van der Waals surface area contributed by atoms with E-state index in [0.717, 1.165) is 23.7 Å². The van der Waals surface area contributed by atoms with Gasteiger partial charge in [-0.05, 0) is 47.9 Å². The highest BCUT2D eigenvalue weighted by Crippen LogP contribution is 2.24. The highest BCUT2D eigenvalue weighted by Gasteiger charge is 2.03. The molecule has 1 aromatic heterocycles. The van der Waals surface area contributed by atoms with Crippen LogP contribution in [-0.4, -0.2) is 4.98 Å². The van der Waals surface area contributed by atoms with Gasteiger partial charge in [0.15, 0.2) is 0 Å². The molecule has 0 aliphatic carbocycles. The molecule has 3 rings (SSSR count). The highest BCUT2D eigenvalue weighted by atomic mass is 35.5. The van der Waals surface area contributed by atoms with Gasteiger partial charge >= 0.3 is 0 Å². The molecule has 2 nitrogen and oxygen atoms in total. The first-order valence-corrected chi connectivity index (χ1v) is 7.22. The average Bonchev–Trinajstić information content (AvgIpc) is 2.94. The number of aromatic amines is 1. The highest BCUT2D eigenvalue weighted by molar-refractivity contribution is 6.30. The Morgan fingerprint density at radius 3 is 2.65 bits per heavy atom. The van der Waals surface area contributed by atoms with Gasteiger partial charge in [0.2, 0.25) is 0 Å². The van der Waals surface area contributed by atoms with E-state index in [-0.39, 0.29) is 0 Å². The molecule has 20 heavy (non-hydrogen) atoms. The smallest absolute Gasteiger partial charge is 0.0477 e. The minimum atomic E-state index is 0.773. The predicted octanol–water partition coefficient (Wildman–Crippen LogP) is 5.00. The minimum Gasteiger partial charge on any atom is -0.381 e. The van der Waals surface area contributed by atoms with Crippen LogP contribution in [0.2, 0.25) is 5.02 Å². The quantitative estimate of drug-likeness (QED) is 0.693. The van der Waals surface area contributed by atoms with Crippen LogP contribution in [0.15, 0.2) is 48.7 Å². The van der Waals surface area contributed by atoms with Gasteiger partial charge in [0.05, 0.1) is 0 Å². The third-order valence-electron chi connectivity index (χ3n) is 3.55. The summed E-state index contributed by atoms with van der Waals surface area (Å²) in [6.45, 7) is 2.98. The number of anilines is 1. The maximum Gasteiger partial charge on any atom is 0.0477 e. The molecule has 0 spiro atoms. The molecule has 0 fully saturated rings. The zero-order valence-electron chi connectivity index (χ0n) is 11.4. The standard InChI is InChI=1S/C17H17ClN2/c1-2-13-9-15(10-17-16(13)7-8-19-17)20-11-12-3-5-14(18)6-4-12/h3-10,19-20H,2,11H2,1H3. The molecule has 0 aliphatic rings. The van der Waals surface area contributed by atoms with E-state index in [1.807, 2.05) is 30.5 Å². The van der Waals surface area contributed by atoms with E-state index < -0.39 is 0 Å². The number of benzene rings is 2. The fourth-order valence-corrected chi connectivity index (χ4v) is 2.57. The van der Waals surface area contributed by atoms with Crippen molar-refractivity contribution >= 4 is 28.2 Å². The van der Waals surface area contributed by atoms with Crippen molar-refractivity contribution in [3.8, 4) is 0 Å². The Labute approximate surface area is 123 Å². The molecule has 2 aromatic carbocycles. The van der Waals surface area contributed by atoms with Gasteiger partial charge in [0, 0.05) is 34.4 Å². The first-order chi connectivity index (χ1) is 9.76. The first kappa shape index (κ1) is 13.1. The lowest BCUT2D eigenvalue weighted by Crippen LogP contribution is -2.00. The van der Waals surface area contributed by atoms with Crippen LogP contribution in [0.4, 0.5) is 5.69 Å². The maximum atomic E-state index is 5.90. The molecule has 0 amide bonds. The predicted molar refractivity (Wildman–Crippen MR) is 86.5 cm³/mol. The van der Waals surface area contributed by atoms with Crippen molar-refractivity contribution < 1.29 is 0 Å². The number of fused-ring (bicyclic) bond motifs is 1. The average molecular weight is 285 g/mol. The van der Waals surface area contributed by atoms with Crippen molar-refractivity contribution in [3.63, 3.8) is 0 Å². The van der Waals surface area contributed by atoms with Gasteiger partial charge in [0.25, 0.3) is 0 Å². The van der Waals surface area contributed by atoms with E-state index in [2.05, 4.69) is 35.4 Å². The third kappa shape index (κ3) is 2.66. The molecule has 3 heteroatoms. The molecule has 0 bridgehead atoms. The fourth-order valence-electron chi connectivity index (χ4n) is 2.45. The number of halogens is 1. The summed E-state index contributed by atoms with van der Waals surface area (Å²) in [6, 6.07) is 14.5. The van der Waals surface area contributed by atoms with Crippen LogP contribution in [0.5, 0.6) is 0 Å². The van der Waals surface area contributed by atoms with Gasteiger partial charge < -0.3 is 10.3 Å². The number of H-pyrrole nitrogens is 1. The van der Waals surface area contributed by atoms with Gasteiger partial charge in [0.1, 0.15) is 0 Å². The van der Waals surface area contributed by atoms with Crippen molar-refractivity contribution in [2.45, 2.75) is 19.9 Å². The summed E-state index contributed by atoms with van der Waals surface area (Å²) < 4.78 is 0. The summed E-state index contributed by atoms with van der Waals surface area (Å²) in [6.07, 6.45) is 3.03. The molecule has 0 aliphatic heterocycles. The fraction of sp³-hybridized carbons (Fsp3) is 0.176. The zero-order valence-corrected chi connectivity index (χ0v) is 12.2. The Hall–Kier alpha value is -1.93. The van der Waals surface area contributed by atoms with Crippen molar-refractivity contribution in [2.24, 2.45) is 0 Å². The Kier molecular flexibility index (Phi) is 3.66. The molecule has 0 saturated heterocycles. The second-order valence-electron chi connectivity index (χ2n) is 4.91. The molecule has 0 radical (unpaired) electrons. The van der Waals surface area contributed by atoms with Gasteiger partial charge in [-0.25, -0.2) is 0 Å². The van der Waals surface area contributed by atoms with Crippen molar-refractivity contribution in [2.75, 3.05) is 5.32 Å².